The van der Waals surface area contributed by atoms with Crippen LogP contribution in [0.1, 0.15) is 28.4 Å². The number of halogens is 1. The van der Waals surface area contributed by atoms with Gasteiger partial charge in [-0.2, -0.15) is 0 Å². The van der Waals surface area contributed by atoms with Crippen LogP contribution >= 0.6 is 0 Å². The molecule has 33 heavy (non-hydrogen) atoms. The molecule has 0 amide bonds. The van der Waals surface area contributed by atoms with E-state index in [1.165, 1.54) is 19.2 Å². The van der Waals surface area contributed by atoms with E-state index >= 15 is 0 Å². The van der Waals surface area contributed by atoms with Crippen LogP contribution in [0.2, 0.25) is 0 Å². The van der Waals surface area contributed by atoms with Crippen LogP contribution in [0, 0.1) is 5.82 Å². The molecule has 0 fully saturated rings. The first-order valence-electron chi connectivity index (χ1n) is 10.8. The molecule has 1 aliphatic heterocycles. The highest BCUT2D eigenvalue weighted by atomic mass is 32.2. The van der Waals surface area contributed by atoms with Crippen molar-refractivity contribution in [1.82, 2.24) is 4.90 Å². The summed E-state index contributed by atoms with van der Waals surface area (Å²) in [6.45, 7) is 1.81. The highest BCUT2D eigenvalue weighted by molar-refractivity contribution is 7.91. The first-order valence-corrected chi connectivity index (χ1v) is 12.3. The van der Waals surface area contributed by atoms with Gasteiger partial charge in [-0.05, 0) is 78.5 Å². The monoisotopic (exact) mass is 469 g/mol. The van der Waals surface area contributed by atoms with E-state index in [-0.39, 0.29) is 15.6 Å². The largest absolute Gasteiger partial charge is 0.495 e. The predicted octanol–water partition coefficient (Wildman–Crippen LogP) is 4.43. The van der Waals surface area contributed by atoms with Gasteiger partial charge >= 0.3 is 0 Å². The summed E-state index contributed by atoms with van der Waals surface area (Å²) in [7, 11) is 1.35. The Bertz CT molecular complexity index is 1220. The summed E-state index contributed by atoms with van der Waals surface area (Å²) < 4.78 is 51.5. The van der Waals surface area contributed by atoms with Crippen molar-refractivity contribution in [2.45, 2.75) is 28.7 Å². The summed E-state index contributed by atoms with van der Waals surface area (Å²) >= 11 is 0. The van der Waals surface area contributed by atoms with E-state index in [1.54, 1.807) is 49.6 Å². The third kappa shape index (κ3) is 4.81. The summed E-state index contributed by atoms with van der Waals surface area (Å²) in [5.74, 6) is 0.0415. The molecule has 1 atom stereocenters. The number of fused-ring (bicyclic) bond motifs is 1. The van der Waals surface area contributed by atoms with Gasteiger partial charge in [0, 0.05) is 20.2 Å². The maximum absolute atomic E-state index is 13.5. The van der Waals surface area contributed by atoms with Crippen LogP contribution in [0.5, 0.6) is 5.75 Å². The fourth-order valence-corrected chi connectivity index (χ4v) is 5.72. The Hall–Kier alpha value is -2.74. The van der Waals surface area contributed by atoms with Crippen molar-refractivity contribution in [2.75, 3.05) is 34.4 Å². The molecule has 0 N–H and O–H groups in total. The van der Waals surface area contributed by atoms with E-state index in [4.69, 9.17) is 9.47 Å². The van der Waals surface area contributed by atoms with Gasteiger partial charge in [0.2, 0.25) is 9.84 Å². The van der Waals surface area contributed by atoms with Crippen molar-refractivity contribution in [3.8, 4) is 5.75 Å². The number of ether oxygens (including phenoxy) is 2. The molecule has 0 aliphatic carbocycles. The number of sulfone groups is 1. The minimum Gasteiger partial charge on any atom is -0.495 e. The van der Waals surface area contributed by atoms with Crippen LogP contribution in [0.15, 0.2) is 70.5 Å². The third-order valence-corrected chi connectivity index (χ3v) is 7.99. The van der Waals surface area contributed by atoms with Gasteiger partial charge < -0.3 is 14.4 Å². The summed E-state index contributed by atoms with van der Waals surface area (Å²) in [6.07, 6.45) is 1.23. The van der Waals surface area contributed by atoms with Crippen LogP contribution < -0.4 is 4.74 Å². The Balaban J connectivity index is 1.68. The van der Waals surface area contributed by atoms with Gasteiger partial charge in [0.15, 0.2) is 0 Å². The zero-order valence-electron chi connectivity index (χ0n) is 19.0. The van der Waals surface area contributed by atoms with Crippen molar-refractivity contribution in [2.24, 2.45) is 0 Å². The van der Waals surface area contributed by atoms with Gasteiger partial charge in [0.25, 0.3) is 0 Å². The molecule has 0 aromatic heterocycles. The van der Waals surface area contributed by atoms with Crippen LogP contribution in [-0.4, -0.2) is 47.7 Å². The van der Waals surface area contributed by atoms with E-state index in [0.29, 0.717) is 5.75 Å². The number of likely N-dealkylation sites (N-methyl/N-ethyl adjacent to an activating group) is 1. The van der Waals surface area contributed by atoms with Gasteiger partial charge in [-0.3, -0.25) is 0 Å². The zero-order chi connectivity index (χ0) is 23.6. The molecule has 3 aromatic carbocycles. The van der Waals surface area contributed by atoms with Crippen LogP contribution in [-0.2, 0) is 27.4 Å². The molecular formula is C26H28FNO4S. The van der Waals surface area contributed by atoms with Crippen molar-refractivity contribution in [3.05, 3.63) is 88.7 Å². The molecule has 0 bridgehead atoms. The van der Waals surface area contributed by atoms with Crippen molar-refractivity contribution < 1.29 is 22.3 Å². The summed E-state index contributed by atoms with van der Waals surface area (Å²) in [6, 6.07) is 16.3. The van der Waals surface area contributed by atoms with Gasteiger partial charge in [-0.15, -0.1) is 0 Å². The van der Waals surface area contributed by atoms with E-state index < -0.39 is 15.9 Å². The maximum atomic E-state index is 13.5. The molecule has 1 aliphatic rings. The summed E-state index contributed by atoms with van der Waals surface area (Å²) in [4.78, 5) is 2.61. The number of nitrogens with zero attached hydrogens (tertiary/aromatic N) is 1. The van der Waals surface area contributed by atoms with Gasteiger partial charge in [-0.1, -0.05) is 24.3 Å². The van der Waals surface area contributed by atoms with E-state index in [0.717, 1.165) is 48.2 Å². The molecule has 0 saturated carbocycles. The standard InChI is InChI=1S/C26H28FNO4S/c1-28-14-12-20-16-24(31-2)25(17-21(20)13-15-28)33(29,30)23-10-6-19(7-11-23)26(32-3)18-4-8-22(27)9-5-18/h4-11,16-17,26H,12-15H2,1-3H3. The number of hydrogen-bond donors (Lipinski definition) is 0. The lowest BCUT2D eigenvalue weighted by Crippen LogP contribution is -2.20. The smallest absolute Gasteiger partial charge is 0.210 e. The number of rotatable bonds is 6. The molecule has 1 unspecified atom stereocenters. The lowest BCUT2D eigenvalue weighted by atomic mass is 10.0. The van der Waals surface area contributed by atoms with Crippen molar-refractivity contribution >= 4 is 9.84 Å². The topological polar surface area (TPSA) is 55.8 Å². The highest BCUT2D eigenvalue weighted by Crippen LogP contribution is 2.34. The Morgan fingerprint density at radius 3 is 1.97 bits per heavy atom. The van der Waals surface area contributed by atoms with Crippen molar-refractivity contribution in [3.63, 3.8) is 0 Å². The molecular weight excluding hydrogens is 441 g/mol. The number of hydrogen-bond acceptors (Lipinski definition) is 5. The molecule has 3 aromatic rings. The van der Waals surface area contributed by atoms with Crippen LogP contribution in [0.3, 0.4) is 0 Å². The normalized spacial score (nSPS) is 15.5. The first kappa shape index (κ1) is 23.4. The lowest BCUT2D eigenvalue weighted by molar-refractivity contribution is 0.136. The minimum atomic E-state index is -3.79. The Kier molecular flexibility index (Phi) is 6.83. The van der Waals surface area contributed by atoms with Crippen LogP contribution in [0.4, 0.5) is 4.39 Å². The van der Waals surface area contributed by atoms with Crippen LogP contribution in [0.25, 0.3) is 0 Å². The van der Waals surface area contributed by atoms with Gasteiger partial charge in [0.05, 0.1) is 12.0 Å². The second kappa shape index (κ2) is 9.63. The molecule has 174 valence electrons. The first-order chi connectivity index (χ1) is 15.8. The molecule has 1 heterocycles. The Morgan fingerprint density at radius 1 is 0.879 bits per heavy atom. The minimum absolute atomic E-state index is 0.183. The third-order valence-electron chi connectivity index (χ3n) is 6.20. The Labute approximate surface area is 194 Å². The van der Waals surface area contributed by atoms with E-state index in [1.807, 2.05) is 6.07 Å². The van der Waals surface area contributed by atoms with Gasteiger partial charge in [0.1, 0.15) is 22.6 Å². The van der Waals surface area contributed by atoms with E-state index in [2.05, 4.69) is 11.9 Å². The molecule has 7 heteroatoms. The maximum Gasteiger partial charge on any atom is 0.210 e. The average molecular weight is 470 g/mol. The molecule has 0 radical (unpaired) electrons. The highest BCUT2D eigenvalue weighted by Gasteiger charge is 2.26. The van der Waals surface area contributed by atoms with Crippen molar-refractivity contribution in [1.29, 1.82) is 0 Å². The predicted molar refractivity (Wildman–Crippen MR) is 125 cm³/mol. The fourth-order valence-electron chi connectivity index (χ4n) is 4.26. The van der Waals surface area contributed by atoms with Gasteiger partial charge in [-0.25, -0.2) is 12.8 Å². The quantitative estimate of drug-likeness (QED) is 0.535. The van der Waals surface area contributed by atoms with E-state index in [9.17, 15) is 12.8 Å². The molecule has 0 saturated heterocycles. The SMILES string of the molecule is COc1cc2c(cc1S(=O)(=O)c1ccc(C(OC)c3ccc(F)cc3)cc1)CCN(C)CC2. The zero-order valence-corrected chi connectivity index (χ0v) is 19.9. The molecule has 4 rings (SSSR count). The Morgan fingerprint density at radius 2 is 1.42 bits per heavy atom. The molecule has 5 nitrogen and oxygen atoms in total. The molecule has 0 spiro atoms. The second-order valence-corrected chi connectivity index (χ2v) is 10.2. The number of benzene rings is 3. The average Bonchev–Trinajstić information content (AvgIpc) is 3.01. The second-order valence-electron chi connectivity index (χ2n) is 8.31. The number of methoxy groups -OCH3 is 2. The summed E-state index contributed by atoms with van der Waals surface area (Å²) in [5.41, 5.74) is 3.74. The fraction of sp³-hybridized carbons (Fsp3) is 0.308. The summed E-state index contributed by atoms with van der Waals surface area (Å²) in [5, 5.41) is 0. The lowest BCUT2D eigenvalue weighted by Gasteiger charge is -2.17.